The molecule has 62 heavy (non-hydrogen) atoms. The van der Waals surface area contributed by atoms with Crippen LogP contribution in [0.2, 0.25) is 0 Å². The third-order valence-electron chi connectivity index (χ3n) is 12.1. The number of benzene rings is 9. The van der Waals surface area contributed by atoms with Crippen molar-refractivity contribution >= 4 is 83.2 Å². The summed E-state index contributed by atoms with van der Waals surface area (Å²) in [5.74, 6) is 0. The van der Waals surface area contributed by atoms with Crippen molar-refractivity contribution in [3.8, 4) is 39.1 Å². The molecular weight excluding hydrogens is 769 g/mol. The van der Waals surface area contributed by atoms with Crippen LogP contribution in [-0.2, 0) is 0 Å². The first kappa shape index (κ1) is 37.3. The van der Waals surface area contributed by atoms with E-state index in [1.165, 1.54) is 86.5 Å². The number of nitrogens with zero attached hydrogens (tertiary/aromatic N) is 2. The lowest BCUT2D eigenvalue weighted by Gasteiger charge is -2.26. The molecule has 0 aliphatic rings. The summed E-state index contributed by atoms with van der Waals surface area (Å²) in [5, 5.41) is 6.29. The van der Waals surface area contributed by atoms with Gasteiger partial charge in [-0.2, -0.15) is 0 Å². The van der Waals surface area contributed by atoms with Crippen LogP contribution >= 0.6 is 11.3 Å². The van der Waals surface area contributed by atoms with Gasteiger partial charge in [0.1, 0.15) is 0 Å². The Bertz CT molecular complexity index is 3400. The molecule has 2 nitrogen and oxygen atoms in total. The first-order chi connectivity index (χ1) is 30.6. The summed E-state index contributed by atoms with van der Waals surface area (Å²) < 4.78 is 3.65. The van der Waals surface area contributed by atoms with Gasteiger partial charge in [-0.15, -0.1) is 11.3 Å². The Labute approximate surface area is 366 Å². The molecule has 3 heteroatoms. The van der Waals surface area contributed by atoms with E-state index in [4.69, 9.17) is 0 Å². The molecular formula is C59H42N2S. The molecule has 294 valence electrons. The van der Waals surface area contributed by atoms with Gasteiger partial charge in [0, 0.05) is 48.5 Å². The van der Waals surface area contributed by atoms with E-state index in [-0.39, 0.29) is 0 Å². The van der Waals surface area contributed by atoms with Crippen molar-refractivity contribution in [2.75, 3.05) is 4.90 Å². The van der Waals surface area contributed by atoms with E-state index in [0.717, 1.165) is 22.7 Å². The van der Waals surface area contributed by atoms with Crippen molar-refractivity contribution in [3.05, 3.63) is 229 Å². The molecule has 0 N–H and O–H groups in total. The van der Waals surface area contributed by atoms with Crippen molar-refractivity contribution in [1.82, 2.24) is 4.57 Å². The molecule has 0 amide bonds. The smallest absolute Gasteiger partial charge is 0.0541 e. The molecule has 0 spiro atoms. The Balaban J connectivity index is 0.965. The van der Waals surface area contributed by atoms with E-state index in [0.29, 0.717) is 0 Å². The van der Waals surface area contributed by atoms with Gasteiger partial charge in [-0.3, -0.25) is 0 Å². The molecule has 0 saturated heterocycles. The zero-order valence-corrected chi connectivity index (χ0v) is 35.2. The van der Waals surface area contributed by atoms with Crippen molar-refractivity contribution in [3.63, 3.8) is 0 Å². The molecule has 0 aliphatic heterocycles. The van der Waals surface area contributed by atoms with E-state index in [1.54, 1.807) is 0 Å². The maximum Gasteiger partial charge on any atom is 0.0541 e. The number of aromatic nitrogens is 1. The highest BCUT2D eigenvalue weighted by molar-refractivity contribution is 7.20. The first-order valence-electron chi connectivity index (χ1n) is 21.1. The molecule has 9 aromatic carbocycles. The van der Waals surface area contributed by atoms with Gasteiger partial charge in [-0.05, 0) is 123 Å². The second-order valence-electron chi connectivity index (χ2n) is 15.7. The normalized spacial score (nSPS) is 11.6. The second-order valence-corrected chi connectivity index (χ2v) is 16.8. The largest absolute Gasteiger partial charge is 0.311 e. The van der Waals surface area contributed by atoms with Crippen LogP contribution in [0.3, 0.4) is 0 Å². The average molecular weight is 811 g/mol. The van der Waals surface area contributed by atoms with Crippen molar-refractivity contribution in [2.24, 2.45) is 0 Å². The second kappa shape index (κ2) is 15.7. The molecule has 11 rings (SSSR count). The highest BCUT2D eigenvalue weighted by atomic mass is 32.1. The Morgan fingerprint density at radius 1 is 0.468 bits per heavy atom. The minimum atomic E-state index is 1.08. The topological polar surface area (TPSA) is 8.17 Å². The van der Waals surface area contributed by atoms with E-state index in [9.17, 15) is 0 Å². The van der Waals surface area contributed by atoms with Gasteiger partial charge < -0.3 is 9.47 Å². The predicted octanol–water partition coefficient (Wildman–Crippen LogP) is 17.3. The number of para-hydroxylation sites is 2. The van der Waals surface area contributed by atoms with E-state index >= 15 is 0 Å². The zero-order valence-electron chi connectivity index (χ0n) is 34.4. The van der Waals surface area contributed by atoms with Crippen LogP contribution in [0.4, 0.5) is 17.1 Å². The number of hydrogen-bond acceptors (Lipinski definition) is 2. The fraction of sp³-hybridized carbons (Fsp3) is 0.0169. The van der Waals surface area contributed by atoms with E-state index < -0.39 is 0 Å². The molecule has 0 bridgehead atoms. The van der Waals surface area contributed by atoms with Crippen LogP contribution in [0.15, 0.2) is 219 Å². The quantitative estimate of drug-likeness (QED) is 0.141. The standard InChI is InChI=1S/C59H42N2S/c1-3-12-54-55-18-11-17-51(59(55)62-58(54)4-2)44-29-33-48(34-30-44)60(49-35-37-50(38-36-49)61-56-19-9-7-15-52(56)53-16-8-10-20-57(53)61)47-31-27-42(28-32-47)41-21-23-43(24-22-41)46-26-25-40-13-5-6-14-45(40)39-46/h3-39H,2H2,1H3/b12-3-. The van der Waals surface area contributed by atoms with Gasteiger partial charge >= 0.3 is 0 Å². The van der Waals surface area contributed by atoms with Gasteiger partial charge in [-0.25, -0.2) is 0 Å². The highest BCUT2D eigenvalue weighted by Gasteiger charge is 2.17. The van der Waals surface area contributed by atoms with Gasteiger partial charge in [0.25, 0.3) is 0 Å². The number of anilines is 3. The summed E-state index contributed by atoms with van der Waals surface area (Å²) in [5.41, 5.74) is 15.3. The lowest BCUT2D eigenvalue weighted by molar-refractivity contribution is 1.17. The van der Waals surface area contributed by atoms with Crippen LogP contribution in [-0.4, -0.2) is 4.57 Å². The fourth-order valence-electron chi connectivity index (χ4n) is 9.09. The molecule has 0 atom stereocenters. The third-order valence-corrected chi connectivity index (χ3v) is 13.4. The SMILES string of the molecule is C=Cc1sc2c(-c3ccc(N(c4ccc(-c5ccc(-c6ccc7ccccc7c6)cc5)cc4)c4ccc(-n5c6ccccc6c6ccccc65)cc4)cc3)cccc2c1/C=C\C. The molecule has 0 saturated carbocycles. The van der Waals surface area contributed by atoms with Gasteiger partial charge in [0.05, 0.1) is 11.0 Å². The molecule has 0 aliphatic carbocycles. The van der Waals surface area contributed by atoms with Crippen LogP contribution < -0.4 is 4.90 Å². The number of fused-ring (bicyclic) bond motifs is 5. The highest BCUT2D eigenvalue weighted by Crippen LogP contribution is 2.42. The first-order valence-corrected chi connectivity index (χ1v) is 22.0. The molecule has 2 heterocycles. The molecule has 0 fully saturated rings. The zero-order chi connectivity index (χ0) is 41.6. The van der Waals surface area contributed by atoms with Crippen LogP contribution in [0, 0.1) is 0 Å². The van der Waals surface area contributed by atoms with Crippen molar-refractivity contribution < 1.29 is 0 Å². The molecule has 2 aromatic heterocycles. The number of hydrogen-bond donors (Lipinski definition) is 0. The lowest BCUT2D eigenvalue weighted by atomic mass is 9.98. The summed E-state index contributed by atoms with van der Waals surface area (Å²) in [6.45, 7) is 6.19. The van der Waals surface area contributed by atoms with Crippen LogP contribution in [0.25, 0.3) is 93.9 Å². The summed E-state index contributed by atoms with van der Waals surface area (Å²) in [4.78, 5) is 3.56. The maximum absolute atomic E-state index is 4.12. The summed E-state index contributed by atoms with van der Waals surface area (Å²) in [7, 11) is 0. The molecule has 11 aromatic rings. The fourth-order valence-corrected chi connectivity index (χ4v) is 10.3. The van der Waals surface area contributed by atoms with Crippen LogP contribution in [0.5, 0.6) is 0 Å². The molecule has 0 radical (unpaired) electrons. The van der Waals surface area contributed by atoms with E-state index in [1.807, 2.05) is 17.4 Å². The van der Waals surface area contributed by atoms with Crippen molar-refractivity contribution in [2.45, 2.75) is 6.92 Å². The Hall–Kier alpha value is -7.72. The Morgan fingerprint density at radius 3 is 1.58 bits per heavy atom. The maximum atomic E-state index is 4.12. The van der Waals surface area contributed by atoms with Crippen molar-refractivity contribution in [1.29, 1.82) is 0 Å². The summed E-state index contributed by atoms with van der Waals surface area (Å²) >= 11 is 1.81. The minimum Gasteiger partial charge on any atom is -0.311 e. The summed E-state index contributed by atoms with van der Waals surface area (Å²) in [6, 6.07) is 75.1. The number of allylic oxidation sites excluding steroid dienone is 1. The predicted molar refractivity (Wildman–Crippen MR) is 269 cm³/mol. The van der Waals surface area contributed by atoms with Gasteiger partial charge in [0.2, 0.25) is 0 Å². The van der Waals surface area contributed by atoms with Gasteiger partial charge in [-0.1, -0.05) is 164 Å². The van der Waals surface area contributed by atoms with Crippen LogP contribution in [0.1, 0.15) is 17.4 Å². The minimum absolute atomic E-state index is 1.08. The summed E-state index contributed by atoms with van der Waals surface area (Å²) in [6.07, 6.45) is 6.28. The average Bonchev–Trinajstić information content (AvgIpc) is 3.88. The monoisotopic (exact) mass is 810 g/mol. The molecule has 0 unspecified atom stereocenters. The Morgan fingerprint density at radius 2 is 0.968 bits per heavy atom. The van der Waals surface area contributed by atoms with Gasteiger partial charge in [0.15, 0.2) is 0 Å². The van der Waals surface area contributed by atoms with E-state index in [2.05, 4.69) is 241 Å². The number of thiophene rings is 1. The third kappa shape index (κ3) is 6.51. The lowest BCUT2D eigenvalue weighted by Crippen LogP contribution is -2.10. The Kier molecular flexibility index (Phi) is 9.45. The number of rotatable bonds is 9.